The van der Waals surface area contributed by atoms with Crippen molar-refractivity contribution >= 4 is 41.2 Å². The number of nitrogens with one attached hydrogen (secondary N) is 1. The summed E-state index contributed by atoms with van der Waals surface area (Å²) in [7, 11) is 0. The lowest BCUT2D eigenvalue weighted by Gasteiger charge is -2.15. The van der Waals surface area contributed by atoms with Crippen LogP contribution < -0.4 is 14.8 Å². The molecule has 9 heteroatoms. The molecule has 3 amide bonds. The van der Waals surface area contributed by atoms with Gasteiger partial charge in [0, 0.05) is 5.02 Å². The highest BCUT2D eigenvalue weighted by Crippen LogP contribution is 2.38. The van der Waals surface area contributed by atoms with E-state index >= 15 is 0 Å². The fourth-order valence-corrected chi connectivity index (χ4v) is 3.86. The molecule has 0 unspecified atom stereocenters. The predicted molar refractivity (Wildman–Crippen MR) is 132 cm³/mol. The second-order valence-corrected chi connectivity index (χ2v) is 8.53. The molecule has 1 saturated heterocycles. The summed E-state index contributed by atoms with van der Waals surface area (Å²) in [5.41, 5.74) is 2.19. The lowest BCUT2D eigenvalue weighted by molar-refractivity contribution is -0.123. The molecular formula is C26H21Cl2FN2O4. The van der Waals surface area contributed by atoms with E-state index in [1.54, 1.807) is 48.5 Å². The molecule has 0 aliphatic carbocycles. The van der Waals surface area contributed by atoms with Crippen molar-refractivity contribution in [1.29, 1.82) is 0 Å². The Morgan fingerprint density at radius 3 is 2.34 bits per heavy atom. The van der Waals surface area contributed by atoms with E-state index in [1.807, 2.05) is 6.92 Å². The van der Waals surface area contributed by atoms with E-state index in [0.29, 0.717) is 28.7 Å². The predicted octanol–water partition coefficient (Wildman–Crippen LogP) is 6.20. The SMILES string of the molecule is CCOc1cc(/C=C2\NC(=O)N(Cc3ccc(Cl)cc3)C2=O)cc(Cl)c1OCc1ccc(F)cc1. The molecule has 1 N–H and O–H groups in total. The Bertz CT molecular complexity index is 1280. The number of carbonyl (C=O) groups excluding carboxylic acids is 2. The molecule has 1 aliphatic rings. The third kappa shape index (κ3) is 5.93. The summed E-state index contributed by atoms with van der Waals surface area (Å²) in [6, 6.07) is 15.6. The molecule has 0 spiro atoms. The van der Waals surface area contributed by atoms with Gasteiger partial charge in [0.25, 0.3) is 5.91 Å². The highest BCUT2D eigenvalue weighted by molar-refractivity contribution is 6.32. The minimum Gasteiger partial charge on any atom is -0.490 e. The Morgan fingerprint density at radius 1 is 0.971 bits per heavy atom. The van der Waals surface area contributed by atoms with Crippen molar-refractivity contribution in [3.8, 4) is 11.5 Å². The number of hydrogen-bond donors (Lipinski definition) is 1. The van der Waals surface area contributed by atoms with Gasteiger partial charge in [-0.3, -0.25) is 9.69 Å². The second kappa shape index (κ2) is 10.8. The number of hydrogen-bond acceptors (Lipinski definition) is 4. The zero-order chi connectivity index (χ0) is 24.9. The number of imide groups is 1. The highest BCUT2D eigenvalue weighted by Gasteiger charge is 2.33. The first-order valence-electron chi connectivity index (χ1n) is 10.8. The van der Waals surface area contributed by atoms with Gasteiger partial charge in [0.1, 0.15) is 18.1 Å². The minimum absolute atomic E-state index is 0.111. The standard InChI is InChI=1S/C26H21Cl2FN2O4/c1-2-34-23-13-18(11-21(28)24(23)35-15-17-5-9-20(29)10-6-17)12-22-25(32)31(26(33)30-22)14-16-3-7-19(27)8-4-16/h3-13H,2,14-15H2,1H3,(H,30,33)/b22-12-. The van der Waals surface area contributed by atoms with Crippen LogP contribution >= 0.6 is 23.2 Å². The van der Waals surface area contributed by atoms with Gasteiger partial charge in [-0.05, 0) is 66.1 Å². The summed E-state index contributed by atoms with van der Waals surface area (Å²) < 4.78 is 24.7. The Labute approximate surface area is 211 Å². The monoisotopic (exact) mass is 514 g/mol. The molecular weight excluding hydrogens is 494 g/mol. The maximum absolute atomic E-state index is 13.1. The largest absolute Gasteiger partial charge is 0.490 e. The summed E-state index contributed by atoms with van der Waals surface area (Å²) in [5.74, 6) is -0.0926. The molecule has 180 valence electrons. The van der Waals surface area contributed by atoms with Crippen LogP contribution in [0.25, 0.3) is 6.08 Å². The molecule has 0 radical (unpaired) electrons. The molecule has 0 saturated carbocycles. The van der Waals surface area contributed by atoms with Crippen LogP contribution in [0, 0.1) is 5.82 Å². The van der Waals surface area contributed by atoms with Crippen LogP contribution in [0.5, 0.6) is 11.5 Å². The van der Waals surface area contributed by atoms with Crippen LogP contribution in [0.4, 0.5) is 9.18 Å². The van der Waals surface area contributed by atoms with E-state index in [2.05, 4.69) is 5.32 Å². The van der Waals surface area contributed by atoms with Gasteiger partial charge in [-0.2, -0.15) is 0 Å². The topological polar surface area (TPSA) is 67.9 Å². The molecule has 4 rings (SSSR count). The Kier molecular flexibility index (Phi) is 7.58. The zero-order valence-electron chi connectivity index (χ0n) is 18.7. The smallest absolute Gasteiger partial charge is 0.329 e. The summed E-state index contributed by atoms with van der Waals surface area (Å²) in [4.78, 5) is 26.4. The summed E-state index contributed by atoms with van der Waals surface area (Å²) in [6.45, 7) is 2.45. The van der Waals surface area contributed by atoms with Gasteiger partial charge < -0.3 is 14.8 Å². The van der Waals surface area contributed by atoms with Gasteiger partial charge in [-0.15, -0.1) is 0 Å². The second-order valence-electron chi connectivity index (χ2n) is 7.68. The van der Waals surface area contributed by atoms with Crippen molar-refractivity contribution < 1.29 is 23.5 Å². The number of rotatable bonds is 8. The van der Waals surface area contributed by atoms with E-state index in [-0.39, 0.29) is 29.7 Å². The van der Waals surface area contributed by atoms with Crippen LogP contribution in [-0.4, -0.2) is 23.4 Å². The number of benzene rings is 3. The number of carbonyl (C=O) groups is 2. The summed E-state index contributed by atoms with van der Waals surface area (Å²) >= 11 is 12.4. The lowest BCUT2D eigenvalue weighted by atomic mass is 10.1. The maximum Gasteiger partial charge on any atom is 0.329 e. The van der Waals surface area contributed by atoms with Crippen LogP contribution in [-0.2, 0) is 17.9 Å². The molecule has 1 heterocycles. The van der Waals surface area contributed by atoms with E-state index in [0.717, 1.165) is 16.0 Å². The van der Waals surface area contributed by atoms with Crippen molar-refractivity contribution in [1.82, 2.24) is 10.2 Å². The van der Waals surface area contributed by atoms with E-state index in [9.17, 15) is 14.0 Å². The molecule has 3 aromatic carbocycles. The molecule has 0 bridgehead atoms. The summed E-state index contributed by atoms with van der Waals surface area (Å²) in [6.07, 6.45) is 1.53. The number of urea groups is 1. The molecule has 0 atom stereocenters. The van der Waals surface area contributed by atoms with Gasteiger partial charge in [-0.1, -0.05) is 47.5 Å². The van der Waals surface area contributed by atoms with Crippen LogP contribution in [0.1, 0.15) is 23.6 Å². The number of halogens is 3. The average molecular weight is 515 g/mol. The van der Waals surface area contributed by atoms with Crippen molar-refractivity contribution in [2.75, 3.05) is 6.61 Å². The number of nitrogens with zero attached hydrogens (tertiary/aromatic N) is 1. The van der Waals surface area contributed by atoms with E-state index < -0.39 is 11.9 Å². The van der Waals surface area contributed by atoms with Gasteiger partial charge in [0.05, 0.1) is 18.2 Å². The van der Waals surface area contributed by atoms with Crippen molar-refractivity contribution in [2.24, 2.45) is 0 Å². The molecule has 1 aliphatic heterocycles. The van der Waals surface area contributed by atoms with E-state index in [1.165, 1.54) is 18.2 Å². The first kappa shape index (κ1) is 24.6. The molecule has 1 fully saturated rings. The van der Waals surface area contributed by atoms with Crippen molar-refractivity contribution in [3.05, 3.63) is 98.9 Å². The quantitative estimate of drug-likeness (QED) is 0.287. The molecule has 35 heavy (non-hydrogen) atoms. The molecule has 0 aromatic heterocycles. The number of ether oxygens (including phenoxy) is 2. The van der Waals surface area contributed by atoms with Gasteiger partial charge in [0.2, 0.25) is 0 Å². The van der Waals surface area contributed by atoms with Crippen molar-refractivity contribution in [3.63, 3.8) is 0 Å². The normalized spacial score (nSPS) is 14.4. The Hall–Kier alpha value is -3.55. The maximum atomic E-state index is 13.1. The molecule has 6 nitrogen and oxygen atoms in total. The van der Waals surface area contributed by atoms with Gasteiger partial charge >= 0.3 is 6.03 Å². The Balaban J connectivity index is 1.54. The van der Waals surface area contributed by atoms with Gasteiger partial charge in [0.15, 0.2) is 11.5 Å². The minimum atomic E-state index is -0.522. The highest BCUT2D eigenvalue weighted by atomic mass is 35.5. The lowest BCUT2D eigenvalue weighted by Crippen LogP contribution is -2.30. The first-order valence-corrected chi connectivity index (χ1v) is 11.5. The van der Waals surface area contributed by atoms with Crippen LogP contribution in [0.2, 0.25) is 10.0 Å². The third-order valence-electron chi connectivity index (χ3n) is 5.16. The first-order chi connectivity index (χ1) is 16.8. The average Bonchev–Trinajstić information content (AvgIpc) is 3.08. The van der Waals surface area contributed by atoms with Gasteiger partial charge in [-0.25, -0.2) is 9.18 Å². The van der Waals surface area contributed by atoms with Crippen LogP contribution in [0.3, 0.4) is 0 Å². The molecule has 3 aromatic rings. The fourth-order valence-electron chi connectivity index (χ4n) is 3.46. The summed E-state index contributed by atoms with van der Waals surface area (Å²) in [5, 5.41) is 3.43. The zero-order valence-corrected chi connectivity index (χ0v) is 20.2. The number of amides is 3. The Morgan fingerprint density at radius 2 is 1.66 bits per heavy atom. The third-order valence-corrected chi connectivity index (χ3v) is 5.69. The van der Waals surface area contributed by atoms with E-state index in [4.69, 9.17) is 32.7 Å². The van der Waals surface area contributed by atoms with Crippen molar-refractivity contribution in [2.45, 2.75) is 20.1 Å². The van der Waals surface area contributed by atoms with Crippen LogP contribution in [0.15, 0.2) is 66.4 Å². The fraction of sp³-hybridized carbons (Fsp3) is 0.154.